The van der Waals surface area contributed by atoms with Crippen LogP contribution in [0.4, 0.5) is 0 Å². The molecule has 0 bridgehead atoms. The van der Waals surface area contributed by atoms with E-state index in [0.717, 1.165) is 0 Å². The molecule has 26 heavy (non-hydrogen) atoms. The fraction of sp³-hybridized carbons (Fsp3) is 0.0526. The van der Waals surface area contributed by atoms with Crippen LogP contribution in [0.5, 0.6) is 23.1 Å². The molecule has 0 atom stereocenters. The summed E-state index contributed by atoms with van der Waals surface area (Å²) in [5.74, 6) is -0.366. The zero-order chi connectivity index (χ0) is 18.4. The van der Waals surface area contributed by atoms with Gasteiger partial charge in [0.1, 0.15) is 17.1 Å². The number of phenolic OH excluding ortho intramolecular Hbond substituents is 3. The average Bonchev–Trinajstić information content (AvgIpc) is 2.92. The maximum atomic E-state index is 10.3. The Balaban J connectivity index is 2.01. The maximum Gasteiger partial charge on any atom is 0.219 e. The fourth-order valence-corrected chi connectivity index (χ4v) is 2.78. The monoisotopic (exact) mass is 349 g/mol. The Bertz CT molecular complexity index is 1130. The molecule has 4 aromatic rings. The van der Waals surface area contributed by atoms with Gasteiger partial charge in [-0.1, -0.05) is 0 Å². The predicted octanol–water partition coefficient (Wildman–Crippen LogP) is 3.19. The summed E-state index contributed by atoms with van der Waals surface area (Å²) in [5, 5.41) is 39.1. The van der Waals surface area contributed by atoms with E-state index in [4.69, 9.17) is 0 Å². The second kappa shape index (κ2) is 5.66. The van der Waals surface area contributed by atoms with E-state index in [9.17, 15) is 20.4 Å². The lowest BCUT2D eigenvalue weighted by Gasteiger charge is -2.09. The van der Waals surface area contributed by atoms with Crippen molar-refractivity contribution < 1.29 is 20.4 Å². The second-order valence-corrected chi connectivity index (χ2v) is 5.94. The largest absolute Gasteiger partial charge is 0.508 e. The maximum absolute atomic E-state index is 10.3. The highest BCUT2D eigenvalue weighted by molar-refractivity contribution is 5.78. The molecule has 0 aliphatic carbocycles. The van der Waals surface area contributed by atoms with Gasteiger partial charge in [-0.15, -0.1) is 0 Å². The molecular formula is C19H15N3O4. The van der Waals surface area contributed by atoms with Crippen molar-refractivity contribution in [3.63, 3.8) is 0 Å². The Labute approximate surface area is 148 Å². The molecule has 0 fully saturated rings. The average molecular weight is 349 g/mol. The van der Waals surface area contributed by atoms with Crippen LogP contribution >= 0.6 is 0 Å². The summed E-state index contributed by atoms with van der Waals surface area (Å²) in [6, 6.07) is 10.9. The van der Waals surface area contributed by atoms with Gasteiger partial charge in [-0.25, -0.2) is 9.97 Å². The van der Waals surface area contributed by atoms with Crippen molar-refractivity contribution >= 4 is 5.65 Å². The van der Waals surface area contributed by atoms with Crippen LogP contribution < -0.4 is 0 Å². The van der Waals surface area contributed by atoms with Gasteiger partial charge in [0.25, 0.3) is 0 Å². The predicted molar refractivity (Wildman–Crippen MR) is 95.3 cm³/mol. The summed E-state index contributed by atoms with van der Waals surface area (Å²) in [5.41, 5.74) is 3.19. The third kappa shape index (κ3) is 2.46. The Hall–Kier alpha value is -3.74. The molecule has 0 radical (unpaired) electrons. The van der Waals surface area contributed by atoms with Crippen LogP contribution in [-0.2, 0) is 0 Å². The van der Waals surface area contributed by atoms with Gasteiger partial charge in [-0.3, -0.25) is 4.40 Å². The first-order valence-corrected chi connectivity index (χ1v) is 7.84. The van der Waals surface area contributed by atoms with Gasteiger partial charge in [0.05, 0.1) is 5.69 Å². The first kappa shape index (κ1) is 15.8. The lowest BCUT2D eigenvalue weighted by molar-refractivity contribution is 0.404. The van der Waals surface area contributed by atoms with Crippen LogP contribution in [0.25, 0.3) is 28.2 Å². The summed E-state index contributed by atoms with van der Waals surface area (Å²) in [6.45, 7) is 1.69. The molecule has 4 N–H and O–H groups in total. The van der Waals surface area contributed by atoms with Crippen molar-refractivity contribution in [2.24, 2.45) is 0 Å². The first-order valence-electron chi connectivity index (χ1n) is 7.84. The molecule has 2 aromatic carbocycles. The molecule has 0 spiro atoms. The molecule has 0 amide bonds. The summed E-state index contributed by atoms with van der Waals surface area (Å²) in [7, 11) is 0. The molecule has 4 rings (SSSR count). The Morgan fingerprint density at radius 2 is 1.50 bits per heavy atom. The van der Waals surface area contributed by atoms with Gasteiger partial charge in [0.15, 0.2) is 17.1 Å². The van der Waals surface area contributed by atoms with E-state index < -0.39 is 0 Å². The zero-order valence-electron chi connectivity index (χ0n) is 13.7. The van der Waals surface area contributed by atoms with Crippen LogP contribution in [0, 0.1) is 6.92 Å². The number of rotatable bonds is 2. The van der Waals surface area contributed by atoms with Gasteiger partial charge >= 0.3 is 0 Å². The number of nitrogens with zero attached hydrogens (tertiary/aromatic N) is 3. The topological polar surface area (TPSA) is 111 Å². The van der Waals surface area contributed by atoms with Gasteiger partial charge < -0.3 is 20.4 Å². The molecule has 0 aliphatic heterocycles. The van der Waals surface area contributed by atoms with Gasteiger partial charge in [0.2, 0.25) is 5.88 Å². The smallest absolute Gasteiger partial charge is 0.219 e. The minimum absolute atomic E-state index is 0.00770. The fourth-order valence-electron chi connectivity index (χ4n) is 2.78. The number of fused-ring (bicyclic) bond motifs is 1. The molecule has 0 unspecified atom stereocenters. The molecule has 0 saturated heterocycles. The van der Waals surface area contributed by atoms with Gasteiger partial charge in [0, 0.05) is 17.3 Å². The molecule has 130 valence electrons. The van der Waals surface area contributed by atoms with Crippen LogP contribution in [0.3, 0.4) is 0 Å². The van der Waals surface area contributed by atoms with Crippen molar-refractivity contribution in [2.45, 2.75) is 6.92 Å². The van der Waals surface area contributed by atoms with E-state index in [1.807, 2.05) is 0 Å². The van der Waals surface area contributed by atoms with E-state index in [2.05, 4.69) is 9.97 Å². The van der Waals surface area contributed by atoms with Crippen LogP contribution in [0.15, 0.2) is 48.7 Å². The second-order valence-electron chi connectivity index (χ2n) is 5.94. The summed E-state index contributed by atoms with van der Waals surface area (Å²) in [6.07, 6.45) is 1.61. The standard InChI is InChI=1S/C19H15N3O4/c1-10-19(26)22-9-14(12-4-7-15(24)16(25)8-12)21-17(18(22)20-10)11-2-5-13(23)6-3-11/h2-9,23-26H,1H3. The number of aromatic hydroxyl groups is 4. The number of aryl methyl sites for hydroxylation is 1. The third-order valence-corrected chi connectivity index (χ3v) is 4.16. The van der Waals surface area contributed by atoms with E-state index in [1.165, 1.54) is 16.5 Å². The normalized spacial score (nSPS) is 11.1. The number of hydrogen-bond donors (Lipinski definition) is 4. The molecule has 7 nitrogen and oxygen atoms in total. The van der Waals surface area contributed by atoms with E-state index >= 15 is 0 Å². The SMILES string of the molecule is Cc1nc2c(-c3ccc(O)cc3)nc(-c3ccc(O)c(O)c3)cn2c1O. The summed E-state index contributed by atoms with van der Waals surface area (Å²) in [4.78, 5) is 9.00. The lowest BCUT2D eigenvalue weighted by atomic mass is 10.1. The zero-order valence-corrected chi connectivity index (χ0v) is 13.7. The quantitative estimate of drug-likeness (QED) is 0.414. The highest BCUT2D eigenvalue weighted by Gasteiger charge is 2.17. The Kier molecular flexibility index (Phi) is 3.43. The van der Waals surface area contributed by atoms with Crippen molar-refractivity contribution in [3.8, 4) is 45.6 Å². The third-order valence-electron chi connectivity index (χ3n) is 4.16. The molecule has 2 aromatic heterocycles. The highest BCUT2D eigenvalue weighted by atomic mass is 16.3. The van der Waals surface area contributed by atoms with Crippen LogP contribution in [0.2, 0.25) is 0 Å². The molecule has 2 heterocycles. The number of phenols is 3. The van der Waals surface area contributed by atoms with E-state index in [0.29, 0.717) is 33.9 Å². The van der Waals surface area contributed by atoms with Crippen LogP contribution in [-0.4, -0.2) is 34.8 Å². The van der Waals surface area contributed by atoms with Crippen molar-refractivity contribution in [1.29, 1.82) is 0 Å². The van der Waals surface area contributed by atoms with Gasteiger partial charge in [-0.2, -0.15) is 0 Å². The molecule has 7 heteroatoms. The number of aromatic nitrogens is 3. The minimum atomic E-state index is -0.262. The number of hydrogen-bond acceptors (Lipinski definition) is 6. The minimum Gasteiger partial charge on any atom is -0.508 e. The molecular weight excluding hydrogens is 334 g/mol. The van der Waals surface area contributed by atoms with Crippen LogP contribution in [0.1, 0.15) is 5.69 Å². The molecule has 0 saturated carbocycles. The van der Waals surface area contributed by atoms with E-state index in [1.54, 1.807) is 43.5 Å². The van der Waals surface area contributed by atoms with Crippen molar-refractivity contribution in [3.05, 3.63) is 54.4 Å². The number of imidazole rings is 1. The summed E-state index contributed by atoms with van der Waals surface area (Å²) < 4.78 is 1.52. The molecule has 0 aliphatic rings. The van der Waals surface area contributed by atoms with Crippen molar-refractivity contribution in [1.82, 2.24) is 14.4 Å². The number of benzene rings is 2. The first-order chi connectivity index (χ1) is 12.4. The Morgan fingerprint density at radius 3 is 2.19 bits per heavy atom. The van der Waals surface area contributed by atoms with Crippen molar-refractivity contribution in [2.75, 3.05) is 0 Å². The van der Waals surface area contributed by atoms with E-state index in [-0.39, 0.29) is 23.1 Å². The summed E-state index contributed by atoms with van der Waals surface area (Å²) >= 11 is 0. The highest BCUT2D eigenvalue weighted by Crippen LogP contribution is 2.34. The van der Waals surface area contributed by atoms with Gasteiger partial charge in [-0.05, 0) is 49.4 Å². The lowest BCUT2D eigenvalue weighted by Crippen LogP contribution is -1.96. The Morgan fingerprint density at radius 1 is 0.808 bits per heavy atom.